The predicted octanol–water partition coefficient (Wildman–Crippen LogP) is 5.91. The molecule has 0 spiro atoms. The zero-order valence-electron chi connectivity index (χ0n) is 20.2. The third-order valence-electron chi connectivity index (χ3n) is 6.49. The molecule has 0 saturated carbocycles. The zero-order chi connectivity index (χ0) is 24.4. The molecule has 0 bridgehead atoms. The van der Waals surface area contributed by atoms with Crippen LogP contribution in [-0.2, 0) is 12.8 Å². The average molecular weight is 460 g/mol. The average Bonchev–Trinajstić information content (AvgIpc) is 2.77. The van der Waals surface area contributed by atoms with Crippen LogP contribution in [0.5, 0.6) is 23.0 Å². The van der Waals surface area contributed by atoms with Gasteiger partial charge in [0.05, 0.1) is 0 Å². The van der Waals surface area contributed by atoms with Crippen LogP contribution in [-0.4, -0.2) is 33.0 Å². The summed E-state index contributed by atoms with van der Waals surface area (Å²) in [5, 5.41) is 29.3. The normalized spacial score (nSPS) is 15.0. The Balaban J connectivity index is 1.40. The molecule has 5 heteroatoms. The van der Waals surface area contributed by atoms with Crippen LogP contribution in [0.15, 0.2) is 60.8 Å². The Hall–Kier alpha value is -3.60. The second kappa shape index (κ2) is 9.72. The first-order valence-electron chi connectivity index (χ1n) is 11.7. The molecule has 178 valence electrons. The summed E-state index contributed by atoms with van der Waals surface area (Å²) in [7, 11) is 0. The molecule has 4 rings (SSSR count). The van der Waals surface area contributed by atoms with Crippen molar-refractivity contribution < 1.29 is 20.1 Å². The fraction of sp³-hybridized carbons (Fsp3) is 0.310. The van der Waals surface area contributed by atoms with Crippen molar-refractivity contribution in [2.24, 2.45) is 0 Å². The Kier molecular flexibility index (Phi) is 6.73. The first kappa shape index (κ1) is 23.6. The van der Waals surface area contributed by atoms with Gasteiger partial charge in [-0.25, -0.2) is 0 Å². The van der Waals surface area contributed by atoms with E-state index in [1.807, 2.05) is 24.4 Å². The van der Waals surface area contributed by atoms with E-state index in [2.05, 4.69) is 50.8 Å². The van der Waals surface area contributed by atoms with Crippen molar-refractivity contribution in [3.63, 3.8) is 0 Å². The van der Waals surface area contributed by atoms with Crippen LogP contribution in [0.25, 0.3) is 0 Å². The maximum atomic E-state index is 10.1. The van der Waals surface area contributed by atoms with Gasteiger partial charge in [0.1, 0.15) is 11.5 Å². The summed E-state index contributed by atoms with van der Waals surface area (Å²) in [5.41, 5.74) is 6.77. The van der Waals surface area contributed by atoms with Gasteiger partial charge in [-0.3, -0.25) is 0 Å². The van der Waals surface area contributed by atoms with Crippen LogP contribution < -0.4 is 4.74 Å². The van der Waals surface area contributed by atoms with E-state index in [9.17, 15) is 15.3 Å². The SMILES string of the molecule is Cc1cc(OC2C=CN2CCc2ccc(O)c(O)c2)cc(C)c1Cc1ccc(O)c(C(C)C)c1. The largest absolute Gasteiger partial charge is 0.508 e. The van der Waals surface area contributed by atoms with Crippen LogP contribution in [0.3, 0.4) is 0 Å². The van der Waals surface area contributed by atoms with E-state index in [-0.39, 0.29) is 23.6 Å². The number of hydrogen-bond acceptors (Lipinski definition) is 5. The first-order chi connectivity index (χ1) is 16.2. The highest BCUT2D eigenvalue weighted by atomic mass is 16.5. The van der Waals surface area contributed by atoms with Crippen molar-refractivity contribution in [2.75, 3.05) is 6.54 Å². The van der Waals surface area contributed by atoms with E-state index in [1.54, 1.807) is 12.1 Å². The Morgan fingerprint density at radius 3 is 2.15 bits per heavy atom. The number of phenolic OH excluding ortho intramolecular Hbond substituents is 3. The topological polar surface area (TPSA) is 73.2 Å². The van der Waals surface area contributed by atoms with E-state index < -0.39 is 0 Å². The van der Waals surface area contributed by atoms with Gasteiger partial charge >= 0.3 is 0 Å². The lowest BCUT2D eigenvalue weighted by Crippen LogP contribution is -2.42. The Bertz CT molecular complexity index is 1190. The monoisotopic (exact) mass is 459 g/mol. The number of phenols is 3. The lowest BCUT2D eigenvalue weighted by Gasteiger charge is -2.35. The quantitative estimate of drug-likeness (QED) is 0.365. The zero-order valence-corrected chi connectivity index (χ0v) is 20.2. The number of nitrogens with zero attached hydrogens (tertiary/aromatic N) is 1. The number of ether oxygens (including phenoxy) is 1. The molecule has 1 aliphatic heterocycles. The minimum absolute atomic E-state index is 0.0942. The highest BCUT2D eigenvalue weighted by Crippen LogP contribution is 2.31. The summed E-state index contributed by atoms with van der Waals surface area (Å²) in [6, 6.07) is 15.0. The van der Waals surface area contributed by atoms with Gasteiger partial charge < -0.3 is 25.0 Å². The maximum Gasteiger partial charge on any atom is 0.193 e. The Labute approximate surface area is 201 Å². The first-order valence-corrected chi connectivity index (χ1v) is 11.7. The number of aromatic hydroxyl groups is 3. The highest BCUT2D eigenvalue weighted by molar-refractivity contribution is 5.46. The lowest BCUT2D eigenvalue weighted by atomic mass is 9.93. The minimum Gasteiger partial charge on any atom is -0.508 e. The number of aryl methyl sites for hydroxylation is 2. The molecule has 0 radical (unpaired) electrons. The molecule has 0 aromatic heterocycles. The molecule has 5 nitrogen and oxygen atoms in total. The van der Waals surface area contributed by atoms with Crippen molar-refractivity contribution in [2.45, 2.75) is 52.7 Å². The summed E-state index contributed by atoms with van der Waals surface area (Å²) in [6.07, 6.45) is 5.46. The summed E-state index contributed by atoms with van der Waals surface area (Å²) in [4.78, 5) is 2.12. The molecule has 3 aromatic rings. The molecule has 1 aliphatic rings. The van der Waals surface area contributed by atoms with Crippen molar-refractivity contribution in [1.82, 2.24) is 4.90 Å². The van der Waals surface area contributed by atoms with Gasteiger partial charge in [-0.05, 0) is 102 Å². The summed E-state index contributed by atoms with van der Waals surface area (Å²) in [6.45, 7) is 9.16. The number of hydrogen-bond donors (Lipinski definition) is 3. The standard InChI is InChI=1S/C29H33NO4/c1-18(2)24-15-22(6-7-26(24)31)16-25-19(3)13-23(14-20(25)4)34-29-10-12-30(29)11-9-21-5-8-27(32)28(33)17-21/h5-8,10,12-15,17-18,29,31-33H,9,11,16H2,1-4H3. The number of benzene rings is 3. The van der Waals surface area contributed by atoms with Crippen molar-refractivity contribution >= 4 is 0 Å². The van der Waals surface area contributed by atoms with E-state index in [0.29, 0.717) is 5.75 Å². The Morgan fingerprint density at radius 1 is 0.853 bits per heavy atom. The van der Waals surface area contributed by atoms with E-state index in [1.165, 1.54) is 28.3 Å². The lowest BCUT2D eigenvalue weighted by molar-refractivity contribution is 0.0739. The van der Waals surface area contributed by atoms with E-state index in [4.69, 9.17) is 4.74 Å². The van der Waals surface area contributed by atoms with Crippen molar-refractivity contribution in [3.05, 3.63) is 94.2 Å². The Morgan fingerprint density at radius 2 is 1.53 bits per heavy atom. The van der Waals surface area contributed by atoms with Crippen LogP contribution in [0.4, 0.5) is 0 Å². The van der Waals surface area contributed by atoms with Crippen LogP contribution in [0.1, 0.15) is 53.1 Å². The molecule has 1 heterocycles. The minimum atomic E-state index is -0.124. The fourth-order valence-electron chi connectivity index (χ4n) is 4.39. The van der Waals surface area contributed by atoms with Gasteiger partial charge in [0.2, 0.25) is 0 Å². The predicted molar refractivity (Wildman–Crippen MR) is 135 cm³/mol. The molecule has 0 fully saturated rings. The van der Waals surface area contributed by atoms with Gasteiger partial charge in [0.15, 0.2) is 17.7 Å². The third-order valence-corrected chi connectivity index (χ3v) is 6.49. The van der Waals surface area contributed by atoms with Crippen molar-refractivity contribution in [3.8, 4) is 23.0 Å². The van der Waals surface area contributed by atoms with Crippen LogP contribution in [0, 0.1) is 13.8 Å². The second-order valence-corrected chi connectivity index (χ2v) is 9.42. The van der Waals surface area contributed by atoms with E-state index in [0.717, 1.165) is 36.3 Å². The van der Waals surface area contributed by atoms with Gasteiger partial charge in [-0.15, -0.1) is 0 Å². The highest BCUT2D eigenvalue weighted by Gasteiger charge is 2.22. The molecule has 3 N–H and O–H groups in total. The fourth-order valence-corrected chi connectivity index (χ4v) is 4.39. The maximum absolute atomic E-state index is 10.1. The van der Waals surface area contributed by atoms with E-state index >= 15 is 0 Å². The van der Waals surface area contributed by atoms with Crippen molar-refractivity contribution in [1.29, 1.82) is 0 Å². The van der Waals surface area contributed by atoms with Crippen LogP contribution >= 0.6 is 0 Å². The van der Waals surface area contributed by atoms with Gasteiger partial charge in [-0.2, -0.15) is 0 Å². The number of rotatable bonds is 8. The summed E-state index contributed by atoms with van der Waals surface area (Å²) >= 11 is 0. The van der Waals surface area contributed by atoms with Gasteiger partial charge in [-0.1, -0.05) is 32.0 Å². The molecule has 1 atom stereocenters. The van der Waals surface area contributed by atoms with Gasteiger partial charge in [0, 0.05) is 12.7 Å². The second-order valence-electron chi connectivity index (χ2n) is 9.42. The molecule has 1 unspecified atom stereocenters. The molecule has 3 aromatic carbocycles. The molecule has 0 saturated heterocycles. The molecule has 34 heavy (non-hydrogen) atoms. The smallest absolute Gasteiger partial charge is 0.193 e. The summed E-state index contributed by atoms with van der Waals surface area (Å²) in [5.74, 6) is 1.28. The molecular formula is C29H33NO4. The molecule has 0 aliphatic carbocycles. The van der Waals surface area contributed by atoms with Crippen LogP contribution in [0.2, 0.25) is 0 Å². The summed E-state index contributed by atoms with van der Waals surface area (Å²) < 4.78 is 6.24. The van der Waals surface area contributed by atoms with Gasteiger partial charge in [0.25, 0.3) is 0 Å². The molecule has 0 amide bonds. The molecular weight excluding hydrogens is 426 g/mol. The third kappa shape index (κ3) is 5.14.